The SMILES string of the molecule is Cc1ccc(F)c(C(Br)c2ccc(Cl)c3ccccc23)c1. The Morgan fingerprint density at radius 3 is 2.43 bits per heavy atom. The smallest absolute Gasteiger partial charge is 0.127 e. The number of rotatable bonds is 2. The predicted octanol–water partition coefficient (Wildman–Crippen LogP) is 6.43. The summed E-state index contributed by atoms with van der Waals surface area (Å²) in [7, 11) is 0. The van der Waals surface area contributed by atoms with Crippen molar-refractivity contribution in [1.29, 1.82) is 0 Å². The van der Waals surface area contributed by atoms with Crippen LogP contribution in [0.15, 0.2) is 54.6 Å². The van der Waals surface area contributed by atoms with E-state index in [2.05, 4.69) is 15.9 Å². The summed E-state index contributed by atoms with van der Waals surface area (Å²) in [6.07, 6.45) is 0. The highest BCUT2D eigenvalue weighted by Crippen LogP contribution is 2.38. The lowest BCUT2D eigenvalue weighted by Crippen LogP contribution is -1.98. The topological polar surface area (TPSA) is 0 Å². The molecule has 0 saturated carbocycles. The van der Waals surface area contributed by atoms with E-state index in [0.29, 0.717) is 10.6 Å². The van der Waals surface area contributed by atoms with Crippen molar-refractivity contribution >= 4 is 38.3 Å². The Balaban J connectivity index is 2.20. The van der Waals surface area contributed by atoms with E-state index in [4.69, 9.17) is 11.6 Å². The average Bonchev–Trinajstić information content (AvgIpc) is 2.50. The molecule has 0 saturated heterocycles. The van der Waals surface area contributed by atoms with Gasteiger partial charge in [-0.3, -0.25) is 0 Å². The van der Waals surface area contributed by atoms with Crippen LogP contribution in [0.4, 0.5) is 4.39 Å². The van der Waals surface area contributed by atoms with Crippen molar-refractivity contribution in [2.75, 3.05) is 0 Å². The zero-order valence-corrected chi connectivity index (χ0v) is 13.7. The Morgan fingerprint density at radius 1 is 0.952 bits per heavy atom. The monoisotopic (exact) mass is 362 g/mol. The van der Waals surface area contributed by atoms with Gasteiger partial charge in [-0.1, -0.05) is 75.6 Å². The lowest BCUT2D eigenvalue weighted by atomic mass is 9.97. The summed E-state index contributed by atoms with van der Waals surface area (Å²) >= 11 is 9.89. The Kier molecular flexibility index (Phi) is 4.01. The van der Waals surface area contributed by atoms with Gasteiger partial charge < -0.3 is 0 Å². The van der Waals surface area contributed by atoms with Gasteiger partial charge >= 0.3 is 0 Å². The number of hydrogen-bond donors (Lipinski definition) is 0. The molecule has 3 aromatic rings. The van der Waals surface area contributed by atoms with E-state index >= 15 is 0 Å². The van der Waals surface area contributed by atoms with Gasteiger partial charge in [0.25, 0.3) is 0 Å². The minimum Gasteiger partial charge on any atom is -0.207 e. The van der Waals surface area contributed by atoms with E-state index in [1.165, 1.54) is 6.07 Å². The maximum Gasteiger partial charge on any atom is 0.127 e. The quantitative estimate of drug-likeness (QED) is 0.460. The van der Waals surface area contributed by atoms with E-state index in [1.807, 2.05) is 49.4 Å². The van der Waals surface area contributed by atoms with Gasteiger partial charge in [-0.2, -0.15) is 0 Å². The van der Waals surface area contributed by atoms with Crippen LogP contribution >= 0.6 is 27.5 Å². The molecule has 0 spiro atoms. The minimum atomic E-state index is -0.209. The molecule has 0 fully saturated rings. The summed E-state index contributed by atoms with van der Waals surface area (Å²) in [4.78, 5) is -0.209. The Morgan fingerprint density at radius 2 is 1.67 bits per heavy atom. The molecule has 0 aliphatic heterocycles. The number of alkyl halides is 1. The van der Waals surface area contributed by atoms with Gasteiger partial charge in [0.05, 0.1) is 4.83 Å². The maximum absolute atomic E-state index is 14.1. The summed E-state index contributed by atoms with van der Waals surface area (Å²) in [5, 5.41) is 2.72. The summed E-state index contributed by atoms with van der Waals surface area (Å²) in [6, 6.07) is 16.9. The molecular formula is C18H13BrClF. The maximum atomic E-state index is 14.1. The lowest BCUT2D eigenvalue weighted by Gasteiger charge is -2.16. The number of halogens is 3. The summed E-state index contributed by atoms with van der Waals surface area (Å²) in [5.41, 5.74) is 2.69. The van der Waals surface area contributed by atoms with Gasteiger partial charge in [0.15, 0.2) is 0 Å². The highest BCUT2D eigenvalue weighted by atomic mass is 79.9. The third kappa shape index (κ3) is 2.70. The molecule has 1 atom stereocenters. The van der Waals surface area contributed by atoms with Crippen LogP contribution in [0.25, 0.3) is 10.8 Å². The van der Waals surface area contributed by atoms with Gasteiger partial charge in [-0.15, -0.1) is 0 Å². The Labute approximate surface area is 136 Å². The Bertz CT molecular complexity index is 813. The second-order valence-corrected chi connectivity index (χ2v) is 6.39. The molecule has 0 aliphatic carbocycles. The summed E-state index contributed by atoms with van der Waals surface area (Å²) in [5.74, 6) is -0.207. The van der Waals surface area contributed by atoms with E-state index in [0.717, 1.165) is 21.9 Å². The van der Waals surface area contributed by atoms with Crippen LogP contribution in [0.5, 0.6) is 0 Å². The van der Waals surface area contributed by atoms with Crippen molar-refractivity contribution in [1.82, 2.24) is 0 Å². The highest BCUT2D eigenvalue weighted by Gasteiger charge is 2.18. The standard InChI is InChI=1S/C18H13BrClF/c1-11-6-9-17(21)15(10-11)18(19)14-7-8-16(20)13-5-3-2-4-12(13)14/h2-10,18H,1H3. The fourth-order valence-electron chi connectivity index (χ4n) is 2.53. The molecule has 3 heteroatoms. The summed E-state index contributed by atoms with van der Waals surface area (Å²) in [6.45, 7) is 1.96. The number of aryl methyl sites for hydroxylation is 1. The number of hydrogen-bond acceptors (Lipinski definition) is 0. The van der Waals surface area contributed by atoms with Crippen molar-refractivity contribution in [3.8, 4) is 0 Å². The summed E-state index contributed by atoms with van der Waals surface area (Å²) < 4.78 is 14.1. The zero-order valence-electron chi connectivity index (χ0n) is 11.4. The molecule has 21 heavy (non-hydrogen) atoms. The van der Waals surface area contributed by atoms with Crippen LogP contribution in [-0.2, 0) is 0 Å². The first-order chi connectivity index (χ1) is 10.1. The fourth-order valence-corrected chi connectivity index (χ4v) is 3.51. The van der Waals surface area contributed by atoms with Crippen molar-refractivity contribution in [2.24, 2.45) is 0 Å². The first-order valence-corrected chi connectivity index (χ1v) is 7.94. The van der Waals surface area contributed by atoms with E-state index in [9.17, 15) is 4.39 Å². The van der Waals surface area contributed by atoms with E-state index in [-0.39, 0.29) is 10.6 Å². The van der Waals surface area contributed by atoms with Gasteiger partial charge in [0, 0.05) is 16.0 Å². The first kappa shape index (κ1) is 14.6. The second kappa shape index (κ2) is 5.78. The largest absolute Gasteiger partial charge is 0.207 e. The van der Waals surface area contributed by atoms with Crippen LogP contribution in [-0.4, -0.2) is 0 Å². The molecule has 0 heterocycles. The molecule has 0 bridgehead atoms. The lowest BCUT2D eigenvalue weighted by molar-refractivity contribution is 0.613. The molecular weight excluding hydrogens is 351 g/mol. The van der Waals surface area contributed by atoms with Crippen molar-refractivity contribution in [3.63, 3.8) is 0 Å². The van der Waals surface area contributed by atoms with Crippen molar-refractivity contribution in [2.45, 2.75) is 11.8 Å². The molecule has 0 N–H and O–H groups in total. The van der Waals surface area contributed by atoms with Crippen molar-refractivity contribution in [3.05, 3.63) is 82.1 Å². The third-order valence-corrected chi connectivity index (χ3v) is 4.92. The second-order valence-electron chi connectivity index (χ2n) is 5.07. The molecule has 0 nitrogen and oxygen atoms in total. The van der Waals surface area contributed by atoms with Crippen LogP contribution in [0, 0.1) is 12.7 Å². The van der Waals surface area contributed by atoms with Crippen LogP contribution < -0.4 is 0 Å². The van der Waals surface area contributed by atoms with Crippen LogP contribution in [0.2, 0.25) is 5.02 Å². The fraction of sp³-hybridized carbons (Fsp3) is 0.111. The molecule has 106 valence electrons. The van der Waals surface area contributed by atoms with Gasteiger partial charge in [0.2, 0.25) is 0 Å². The molecule has 0 aliphatic rings. The normalized spacial score (nSPS) is 12.6. The van der Waals surface area contributed by atoms with Gasteiger partial charge in [-0.25, -0.2) is 4.39 Å². The molecule has 3 rings (SSSR count). The van der Waals surface area contributed by atoms with Gasteiger partial charge in [0.1, 0.15) is 5.82 Å². The molecule has 3 aromatic carbocycles. The van der Waals surface area contributed by atoms with Crippen LogP contribution in [0.1, 0.15) is 21.5 Å². The number of fused-ring (bicyclic) bond motifs is 1. The van der Waals surface area contributed by atoms with Gasteiger partial charge in [-0.05, 0) is 30.0 Å². The molecule has 1 unspecified atom stereocenters. The molecule has 0 radical (unpaired) electrons. The molecule has 0 aromatic heterocycles. The van der Waals surface area contributed by atoms with Crippen LogP contribution in [0.3, 0.4) is 0 Å². The molecule has 0 amide bonds. The Hall–Kier alpha value is -1.38. The highest BCUT2D eigenvalue weighted by molar-refractivity contribution is 9.09. The number of benzene rings is 3. The first-order valence-electron chi connectivity index (χ1n) is 6.65. The van der Waals surface area contributed by atoms with E-state index in [1.54, 1.807) is 6.07 Å². The third-order valence-electron chi connectivity index (χ3n) is 3.60. The zero-order chi connectivity index (χ0) is 15.0. The predicted molar refractivity (Wildman–Crippen MR) is 90.9 cm³/mol. The minimum absolute atomic E-state index is 0.207. The average molecular weight is 364 g/mol. The van der Waals surface area contributed by atoms with Crippen molar-refractivity contribution < 1.29 is 4.39 Å². The van der Waals surface area contributed by atoms with E-state index < -0.39 is 0 Å².